The Morgan fingerprint density at radius 2 is 1.91 bits per heavy atom. The molecule has 2 aliphatic rings. The Labute approximate surface area is 263 Å². The maximum Gasteiger partial charge on any atom is 0.331 e. The van der Waals surface area contributed by atoms with Crippen LogP contribution in [-0.4, -0.2) is 41.4 Å². The molecular weight excluding hydrogens is 592 g/mol. The Kier molecular flexibility index (Phi) is 7.93. The first kappa shape index (κ1) is 29.4. The smallest absolute Gasteiger partial charge is 0.331 e. The van der Waals surface area contributed by atoms with E-state index in [4.69, 9.17) is 9.47 Å². The van der Waals surface area contributed by atoms with E-state index in [1.54, 1.807) is 24.1 Å². The van der Waals surface area contributed by atoms with Crippen LogP contribution in [0.4, 0.5) is 21.9 Å². The fourth-order valence-corrected chi connectivity index (χ4v) is 6.48. The number of aryl methyl sites for hydroxylation is 1. The van der Waals surface area contributed by atoms with E-state index in [1.807, 2.05) is 61.5 Å². The number of rotatable bonds is 7. The molecule has 2 aliphatic heterocycles. The Morgan fingerprint density at radius 1 is 1.11 bits per heavy atom. The Balaban J connectivity index is 1.30. The molecule has 4 amide bonds. The van der Waals surface area contributed by atoms with Gasteiger partial charge in [0.2, 0.25) is 0 Å². The molecule has 2 aromatic heterocycles. The first-order valence-electron chi connectivity index (χ1n) is 14.1. The van der Waals surface area contributed by atoms with Crippen molar-refractivity contribution in [2.45, 2.75) is 26.7 Å². The van der Waals surface area contributed by atoms with Crippen LogP contribution < -0.4 is 20.3 Å². The molecule has 0 saturated carbocycles. The summed E-state index contributed by atoms with van der Waals surface area (Å²) in [6.07, 6.45) is 3.85. The number of nitrogens with zero attached hydrogens (tertiary/aromatic N) is 4. The number of benzene rings is 2. The Bertz CT molecular complexity index is 1960. The molecule has 226 valence electrons. The van der Waals surface area contributed by atoms with Gasteiger partial charge in [-0.3, -0.25) is 14.5 Å². The van der Waals surface area contributed by atoms with Crippen LogP contribution in [0.15, 0.2) is 84.0 Å². The van der Waals surface area contributed by atoms with Crippen LogP contribution in [0.2, 0.25) is 0 Å². The van der Waals surface area contributed by atoms with Gasteiger partial charge in [0.05, 0.1) is 29.6 Å². The van der Waals surface area contributed by atoms with Crippen molar-refractivity contribution in [2.24, 2.45) is 0 Å². The van der Waals surface area contributed by atoms with Crippen LogP contribution in [0.25, 0.3) is 10.2 Å². The zero-order valence-electron chi connectivity index (χ0n) is 24.7. The van der Waals surface area contributed by atoms with Crippen LogP contribution in [0, 0.1) is 18.3 Å². The van der Waals surface area contributed by atoms with Crippen LogP contribution in [0.5, 0.6) is 11.5 Å². The topological polar surface area (TPSA) is 137 Å². The number of allylic oxidation sites excluding steroid dienone is 2. The highest BCUT2D eigenvalue weighted by atomic mass is 32.1. The molecule has 0 saturated heterocycles. The summed E-state index contributed by atoms with van der Waals surface area (Å²) in [5.41, 5.74) is 3.43. The molecule has 0 spiro atoms. The number of nitrogens with one attached hydrogen (secondary N) is 2. The average molecular weight is 621 g/mol. The second kappa shape index (κ2) is 12.1. The summed E-state index contributed by atoms with van der Waals surface area (Å²) < 4.78 is 10.8. The molecule has 12 heteroatoms. The molecular formula is C33H28N6O5S. The monoisotopic (exact) mass is 620 g/mol. The van der Waals surface area contributed by atoms with E-state index < -0.39 is 17.8 Å². The summed E-state index contributed by atoms with van der Waals surface area (Å²) in [6, 6.07) is 18.1. The number of anilines is 3. The lowest BCUT2D eigenvalue weighted by atomic mass is 10.1. The quantitative estimate of drug-likeness (QED) is 0.133. The summed E-state index contributed by atoms with van der Waals surface area (Å²) in [6.45, 7) is 4.03. The highest BCUT2D eigenvalue weighted by molar-refractivity contribution is 7.21. The van der Waals surface area contributed by atoms with Gasteiger partial charge in [0.15, 0.2) is 5.57 Å². The van der Waals surface area contributed by atoms with Crippen molar-refractivity contribution in [1.82, 2.24) is 15.2 Å². The van der Waals surface area contributed by atoms with Crippen molar-refractivity contribution in [3.63, 3.8) is 0 Å². The third kappa shape index (κ3) is 5.45. The maximum absolute atomic E-state index is 13.7. The number of methoxy groups -OCH3 is 1. The molecule has 4 heterocycles. The number of hydrogen-bond acceptors (Lipinski definition) is 8. The fourth-order valence-electron chi connectivity index (χ4n) is 5.46. The van der Waals surface area contributed by atoms with E-state index in [2.05, 4.69) is 15.6 Å². The molecule has 0 bridgehead atoms. The number of thiophene rings is 1. The van der Waals surface area contributed by atoms with Gasteiger partial charge in [-0.15, -0.1) is 11.3 Å². The van der Waals surface area contributed by atoms with E-state index in [1.165, 1.54) is 23.3 Å². The van der Waals surface area contributed by atoms with Crippen molar-refractivity contribution in [3.05, 3.63) is 94.5 Å². The second-order valence-corrected chi connectivity index (χ2v) is 11.4. The first-order chi connectivity index (χ1) is 21.8. The predicted octanol–water partition coefficient (Wildman–Crippen LogP) is 6.72. The second-order valence-electron chi connectivity index (χ2n) is 10.4. The third-order valence-electron chi connectivity index (χ3n) is 7.59. The predicted molar refractivity (Wildman–Crippen MR) is 170 cm³/mol. The van der Waals surface area contributed by atoms with Crippen LogP contribution >= 0.6 is 11.3 Å². The van der Waals surface area contributed by atoms with Crippen LogP contribution in [-0.2, 0) is 9.53 Å². The van der Waals surface area contributed by atoms with Crippen molar-refractivity contribution in [2.75, 3.05) is 23.9 Å². The molecule has 2 N–H and O–H groups in total. The summed E-state index contributed by atoms with van der Waals surface area (Å²) in [4.78, 5) is 48.7. The highest BCUT2D eigenvalue weighted by Gasteiger charge is 2.34. The summed E-state index contributed by atoms with van der Waals surface area (Å²) >= 11 is 1.17. The minimum Gasteiger partial charge on any atom is -0.503 e. The number of carbonyl (C=O) groups excluding carboxylic acids is 3. The van der Waals surface area contributed by atoms with Crippen LogP contribution in [0.3, 0.4) is 0 Å². The minimum absolute atomic E-state index is 0.141. The average Bonchev–Trinajstić information content (AvgIpc) is 3.41. The maximum atomic E-state index is 13.7. The molecule has 0 radical (unpaired) electrons. The van der Waals surface area contributed by atoms with Crippen LogP contribution in [0.1, 0.15) is 35.0 Å². The Morgan fingerprint density at radius 3 is 2.64 bits per heavy atom. The molecule has 0 fully saturated rings. The van der Waals surface area contributed by atoms with Gasteiger partial charge >= 0.3 is 6.03 Å². The molecule has 0 atom stereocenters. The van der Waals surface area contributed by atoms with Gasteiger partial charge < -0.3 is 25.0 Å². The molecule has 6 rings (SSSR count). The van der Waals surface area contributed by atoms with Gasteiger partial charge in [0.1, 0.15) is 33.5 Å². The van der Waals surface area contributed by atoms with E-state index in [9.17, 15) is 19.6 Å². The number of hydrogen-bond donors (Lipinski definition) is 2. The van der Waals surface area contributed by atoms with Crippen molar-refractivity contribution in [3.8, 4) is 17.6 Å². The number of urea groups is 1. The lowest BCUT2D eigenvalue weighted by Gasteiger charge is -2.31. The number of para-hydroxylation sites is 1. The number of nitriles is 1. The minimum atomic E-state index is -0.503. The lowest BCUT2D eigenvalue weighted by molar-refractivity contribution is -0.125. The summed E-state index contributed by atoms with van der Waals surface area (Å²) in [7, 11) is 1.36. The van der Waals surface area contributed by atoms with Gasteiger partial charge in [-0.2, -0.15) is 5.26 Å². The number of carbonyl (C=O) groups is 3. The summed E-state index contributed by atoms with van der Waals surface area (Å²) in [5, 5.41) is 15.9. The van der Waals surface area contributed by atoms with Gasteiger partial charge in [-0.25, -0.2) is 9.78 Å². The largest absolute Gasteiger partial charge is 0.503 e. The molecule has 45 heavy (non-hydrogen) atoms. The zero-order valence-corrected chi connectivity index (χ0v) is 25.5. The molecule has 4 aromatic rings. The fraction of sp³-hybridized carbons (Fsp3) is 0.182. The van der Waals surface area contributed by atoms with Crippen molar-refractivity contribution in [1.29, 1.82) is 5.26 Å². The number of aromatic nitrogens is 1. The molecule has 0 unspecified atom stereocenters. The van der Waals surface area contributed by atoms with E-state index in [0.29, 0.717) is 74.4 Å². The SMILES string of the molecule is CO/C=C(\C#N)C(=O)N1CCCC(NC(=O)c2sc3nccc4c3c2NC(=O)N4c2ccc(Oc3ccccc3)cc2C)=C1C. The normalized spacial score (nSPS) is 14.6. The number of pyridine rings is 1. The van der Waals surface area contributed by atoms with Gasteiger partial charge in [0.25, 0.3) is 11.8 Å². The first-order valence-corrected chi connectivity index (χ1v) is 14.9. The lowest BCUT2D eigenvalue weighted by Crippen LogP contribution is -2.38. The standard InChI is InChI=1S/C33H28N6O5S/c1-19-16-23(44-22-8-5-4-6-9-22)11-12-25(19)39-26-13-14-35-31-27(26)28(37-33(39)42)29(45-31)30(40)36-24-10-7-15-38(20(24)2)32(41)21(17-34)18-43-3/h4-6,8-9,11-14,16,18H,7,10,15H2,1-3H3,(H,36,40)(H,37,42)/b21-18+. The highest BCUT2D eigenvalue weighted by Crippen LogP contribution is 2.46. The molecule has 11 nitrogen and oxygen atoms in total. The third-order valence-corrected chi connectivity index (χ3v) is 8.68. The van der Waals surface area contributed by atoms with Gasteiger partial charge in [0, 0.05) is 24.1 Å². The Hall–Kier alpha value is -5.67. The number of amides is 4. The van der Waals surface area contributed by atoms with Crippen molar-refractivity contribution < 1.29 is 23.9 Å². The molecule has 2 aromatic carbocycles. The van der Waals surface area contributed by atoms with E-state index in [-0.39, 0.29) is 5.57 Å². The van der Waals surface area contributed by atoms with Crippen molar-refractivity contribution >= 4 is 56.5 Å². The zero-order chi connectivity index (χ0) is 31.7. The van der Waals surface area contributed by atoms with Gasteiger partial charge in [-0.05, 0) is 68.7 Å². The number of ether oxygens (including phenoxy) is 2. The molecule has 0 aliphatic carbocycles. The summed E-state index contributed by atoms with van der Waals surface area (Å²) in [5.74, 6) is 0.415. The van der Waals surface area contributed by atoms with E-state index in [0.717, 1.165) is 11.8 Å². The van der Waals surface area contributed by atoms with Gasteiger partial charge in [-0.1, -0.05) is 18.2 Å². The van der Waals surface area contributed by atoms with E-state index >= 15 is 0 Å².